The van der Waals surface area contributed by atoms with Gasteiger partial charge in [-0.25, -0.2) is 13.2 Å². The Morgan fingerprint density at radius 3 is 2.46 bits per heavy atom. The lowest BCUT2D eigenvalue weighted by molar-refractivity contribution is 0.0526. The molecule has 0 atom stereocenters. The molecule has 2 aromatic rings. The fraction of sp³-hybridized carbons (Fsp3) is 0.222. The van der Waals surface area contributed by atoms with Crippen LogP contribution >= 0.6 is 0 Å². The van der Waals surface area contributed by atoms with Gasteiger partial charge in [-0.3, -0.25) is 9.52 Å². The van der Waals surface area contributed by atoms with Crippen LogP contribution in [0.2, 0.25) is 0 Å². The van der Waals surface area contributed by atoms with Crippen molar-refractivity contribution in [1.29, 1.82) is 0 Å². The normalized spacial score (nSPS) is 10.9. The molecule has 0 fully saturated rings. The monoisotopic (exact) mass is 376 g/mol. The zero-order valence-electron chi connectivity index (χ0n) is 14.7. The molecule has 0 spiro atoms. The average molecular weight is 376 g/mol. The van der Waals surface area contributed by atoms with Crippen LogP contribution in [-0.2, 0) is 14.8 Å². The topological polar surface area (TPSA) is 102 Å². The molecule has 0 saturated carbocycles. The first-order valence-electron chi connectivity index (χ1n) is 7.86. The molecule has 0 aliphatic rings. The van der Waals surface area contributed by atoms with E-state index in [9.17, 15) is 18.0 Å². The maximum Gasteiger partial charge on any atom is 0.338 e. The Morgan fingerprint density at radius 2 is 1.81 bits per heavy atom. The molecule has 0 unspecified atom stereocenters. The molecular formula is C18H20N2O5S. The molecule has 0 aliphatic carbocycles. The summed E-state index contributed by atoms with van der Waals surface area (Å²) in [4.78, 5) is 24.3. The summed E-state index contributed by atoms with van der Waals surface area (Å²) in [6, 6.07) is 11.0. The highest BCUT2D eigenvalue weighted by molar-refractivity contribution is 7.92. The minimum Gasteiger partial charge on any atom is -0.462 e. The number of nitrogens with one attached hydrogen (secondary N) is 2. The van der Waals surface area contributed by atoms with Crippen molar-refractivity contribution in [1.82, 2.24) is 0 Å². The molecular weight excluding hydrogens is 356 g/mol. The zero-order chi connectivity index (χ0) is 19.3. The van der Waals surface area contributed by atoms with Gasteiger partial charge in [-0.15, -0.1) is 0 Å². The molecule has 0 saturated heterocycles. The Bertz CT molecular complexity index is 938. The molecule has 0 heterocycles. The van der Waals surface area contributed by atoms with E-state index in [1.807, 2.05) is 0 Å². The van der Waals surface area contributed by atoms with Crippen molar-refractivity contribution >= 4 is 33.3 Å². The molecule has 0 aliphatic heterocycles. The first-order valence-corrected chi connectivity index (χ1v) is 9.75. The summed E-state index contributed by atoms with van der Waals surface area (Å²) in [6.07, 6.45) is 1.03. The number of ether oxygens (including phenoxy) is 1. The number of rotatable bonds is 6. The molecule has 7 nitrogen and oxygen atoms in total. The highest BCUT2D eigenvalue weighted by atomic mass is 32.2. The Hall–Kier alpha value is -2.87. The number of aryl methyl sites for hydroxylation is 1. The molecule has 138 valence electrons. The molecule has 1 amide bonds. The molecule has 0 aromatic heterocycles. The zero-order valence-corrected chi connectivity index (χ0v) is 15.5. The number of hydrogen-bond donors (Lipinski definition) is 2. The molecule has 0 radical (unpaired) electrons. The van der Waals surface area contributed by atoms with Crippen molar-refractivity contribution in [3.63, 3.8) is 0 Å². The third-order valence-electron chi connectivity index (χ3n) is 3.42. The third kappa shape index (κ3) is 5.32. The van der Waals surface area contributed by atoms with Gasteiger partial charge in [0.2, 0.25) is 10.0 Å². The van der Waals surface area contributed by atoms with Crippen LogP contribution < -0.4 is 10.0 Å². The summed E-state index contributed by atoms with van der Waals surface area (Å²) in [5.41, 5.74) is 2.15. The molecule has 8 heteroatoms. The fourth-order valence-electron chi connectivity index (χ4n) is 2.23. The third-order valence-corrected chi connectivity index (χ3v) is 4.03. The van der Waals surface area contributed by atoms with Crippen LogP contribution in [0.4, 0.5) is 11.4 Å². The lowest BCUT2D eigenvalue weighted by Crippen LogP contribution is -2.15. The molecule has 2 rings (SSSR count). The number of carbonyl (C=O) groups excluding carboxylic acids is 2. The Labute approximate surface area is 152 Å². The highest BCUT2D eigenvalue weighted by Gasteiger charge is 2.13. The molecule has 26 heavy (non-hydrogen) atoms. The highest BCUT2D eigenvalue weighted by Crippen LogP contribution is 2.20. The molecule has 0 bridgehead atoms. The van der Waals surface area contributed by atoms with E-state index in [-0.39, 0.29) is 17.9 Å². The molecule has 2 aromatic carbocycles. The summed E-state index contributed by atoms with van der Waals surface area (Å²) in [5.74, 6) is -0.895. The number of carbonyl (C=O) groups is 2. The van der Waals surface area contributed by atoms with E-state index in [1.165, 1.54) is 6.07 Å². The van der Waals surface area contributed by atoms with E-state index < -0.39 is 21.9 Å². The van der Waals surface area contributed by atoms with Crippen molar-refractivity contribution in [2.75, 3.05) is 22.9 Å². The van der Waals surface area contributed by atoms with Gasteiger partial charge in [-0.05, 0) is 49.7 Å². The first-order chi connectivity index (χ1) is 12.2. The van der Waals surface area contributed by atoms with Gasteiger partial charge in [-0.2, -0.15) is 0 Å². The van der Waals surface area contributed by atoms with E-state index in [0.717, 1.165) is 11.8 Å². The van der Waals surface area contributed by atoms with Gasteiger partial charge in [0, 0.05) is 16.9 Å². The van der Waals surface area contributed by atoms with Crippen LogP contribution in [0.15, 0.2) is 42.5 Å². The van der Waals surface area contributed by atoms with Crippen molar-refractivity contribution in [2.24, 2.45) is 0 Å². The lowest BCUT2D eigenvalue weighted by Gasteiger charge is -2.11. The standard InChI is InChI=1S/C18H20N2O5S/c1-4-25-18(22)14-9-8-12(2)16(11-14)19-17(21)13-6-5-7-15(10-13)20-26(3,23)24/h5-11,20H,4H2,1-3H3,(H,19,21). The van der Waals surface area contributed by atoms with Crippen LogP contribution in [0.5, 0.6) is 0 Å². The quantitative estimate of drug-likeness (QED) is 0.755. The number of hydrogen-bond acceptors (Lipinski definition) is 5. The summed E-state index contributed by atoms with van der Waals surface area (Å²) < 4.78 is 29.9. The van der Waals surface area contributed by atoms with Gasteiger partial charge < -0.3 is 10.1 Å². The Morgan fingerprint density at radius 1 is 1.08 bits per heavy atom. The van der Waals surface area contributed by atoms with Gasteiger partial charge in [0.15, 0.2) is 0 Å². The maximum absolute atomic E-state index is 12.5. The second-order valence-corrected chi connectivity index (χ2v) is 7.41. The van der Waals surface area contributed by atoms with E-state index >= 15 is 0 Å². The molecule has 2 N–H and O–H groups in total. The van der Waals surface area contributed by atoms with Crippen LogP contribution in [0, 0.1) is 6.92 Å². The first kappa shape index (κ1) is 19.5. The van der Waals surface area contributed by atoms with Gasteiger partial charge in [0.1, 0.15) is 0 Å². The number of amides is 1. The largest absolute Gasteiger partial charge is 0.462 e. The Balaban J connectivity index is 2.23. The number of anilines is 2. The van der Waals surface area contributed by atoms with Crippen LogP contribution in [0.25, 0.3) is 0 Å². The number of benzene rings is 2. The van der Waals surface area contributed by atoms with E-state index in [2.05, 4.69) is 10.0 Å². The Kier molecular flexibility index (Phi) is 5.99. The van der Waals surface area contributed by atoms with Gasteiger partial charge in [0.25, 0.3) is 5.91 Å². The number of esters is 1. The van der Waals surface area contributed by atoms with Gasteiger partial charge in [-0.1, -0.05) is 12.1 Å². The minimum absolute atomic E-state index is 0.258. The lowest BCUT2D eigenvalue weighted by atomic mass is 10.1. The second-order valence-electron chi connectivity index (χ2n) is 5.66. The SMILES string of the molecule is CCOC(=O)c1ccc(C)c(NC(=O)c2cccc(NS(C)(=O)=O)c2)c1. The van der Waals surface area contributed by atoms with Crippen LogP contribution in [0.3, 0.4) is 0 Å². The summed E-state index contributed by atoms with van der Waals surface area (Å²) in [5, 5.41) is 2.73. The van der Waals surface area contributed by atoms with Crippen molar-refractivity contribution in [3.8, 4) is 0 Å². The smallest absolute Gasteiger partial charge is 0.338 e. The van der Waals surface area contributed by atoms with Crippen molar-refractivity contribution < 1.29 is 22.7 Å². The maximum atomic E-state index is 12.5. The second kappa shape index (κ2) is 8.01. The predicted octanol–water partition coefficient (Wildman–Crippen LogP) is 2.80. The summed E-state index contributed by atoms with van der Waals surface area (Å²) >= 11 is 0. The predicted molar refractivity (Wildman–Crippen MR) is 100.0 cm³/mol. The van der Waals surface area contributed by atoms with Crippen molar-refractivity contribution in [2.45, 2.75) is 13.8 Å². The summed E-state index contributed by atoms with van der Waals surface area (Å²) in [6.45, 7) is 3.77. The van der Waals surface area contributed by atoms with E-state index in [0.29, 0.717) is 11.3 Å². The van der Waals surface area contributed by atoms with Crippen molar-refractivity contribution in [3.05, 3.63) is 59.2 Å². The van der Waals surface area contributed by atoms with E-state index in [1.54, 1.807) is 50.2 Å². The minimum atomic E-state index is -3.44. The fourth-order valence-corrected chi connectivity index (χ4v) is 2.79. The van der Waals surface area contributed by atoms with Gasteiger partial charge >= 0.3 is 5.97 Å². The van der Waals surface area contributed by atoms with Crippen LogP contribution in [-0.4, -0.2) is 33.2 Å². The number of sulfonamides is 1. The van der Waals surface area contributed by atoms with Crippen LogP contribution in [0.1, 0.15) is 33.2 Å². The van der Waals surface area contributed by atoms with Gasteiger partial charge in [0.05, 0.1) is 18.4 Å². The summed E-state index contributed by atoms with van der Waals surface area (Å²) in [7, 11) is -3.44. The average Bonchev–Trinajstić information content (AvgIpc) is 2.55. The van der Waals surface area contributed by atoms with E-state index in [4.69, 9.17) is 4.74 Å².